The molecule has 3 rings (SSSR count). The molecule has 6 nitrogen and oxygen atoms in total. The Kier molecular flexibility index (Phi) is 7.66. The van der Waals surface area contributed by atoms with Gasteiger partial charge in [0, 0.05) is 27.7 Å². The fourth-order valence-corrected chi connectivity index (χ4v) is 4.46. The molecule has 3 aromatic carbocycles. The van der Waals surface area contributed by atoms with Gasteiger partial charge in [-0.25, -0.2) is 8.42 Å². The van der Waals surface area contributed by atoms with Gasteiger partial charge in [-0.2, -0.15) is 0 Å². The first-order chi connectivity index (χ1) is 15.2. The maximum Gasteiger partial charge on any atom is 0.251 e. The number of ether oxygens (including phenoxy) is 1. The van der Waals surface area contributed by atoms with Crippen molar-refractivity contribution >= 4 is 44.8 Å². The summed E-state index contributed by atoms with van der Waals surface area (Å²) in [5, 5.41) is 3.59. The lowest BCUT2D eigenvalue weighted by atomic mass is 10.1. The quantitative estimate of drug-likeness (QED) is 0.485. The number of halogens is 2. The number of hydrogen-bond donors (Lipinski definition) is 1. The van der Waals surface area contributed by atoms with E-state index in [4.69, 9.17) is 27.9 Å². The number of sulfonamides is 1. The Morgan fingerprint density at radius 2 is 1.62 bits per heavy atom. The zero-order valence-electron chi connectivity index (χ0n) is 17.5. The van der Waals surface area contributed by atoms with E-state index in [1.54, 1.807) is 49.6 Å². The Hall–Kier alpha value is -2.74. The fraction of sp³-hybridized carbons (Fsp3) is 0.174. The molecule has 0 fully saturated rings. The zero-order valence-corrected chi connectivity index (χ0v) is 19.8. The van der Waals surface area contributed by atoms with E-state index in [-0.39, 0.29) is 12.5 Å². The molecule has 1 amide bonds. The number of nitrogens with zero attached hydrogens (tertiary/aromatic N) is 1. The van der Waals surface area contributed by atoms with E-state index in [9.17, 15) is 13.2 Å². The van der Waals surface area contributed by atoms with Crippen molar-refractivity contribution in [2.75, 3.05) is 17.7 Å². The molecule has 0 spiro atoms. The largest absolute Gasteiger partial charge is 0.497 e. The van der Waals surface area contributed by atoms with Crippen molar-refractivity contribution in [3.05, 3.63) is 93.5 Å². The molecule has 1 N–H and O–H groups in total. The van der Waals surface area contributed by atoms with E-state index in [1.165, 1.54) is 4.31 Å². The average molecular weight is 493 g/mol. The molecule has 0 bridgehead atoms. The molecule has 0 aliphatic heterocycles. The maximum absolute atomic E-state index is 12.5. The summed E-state index contributed by atoms with van der Waals surface area (Å²) in [6, 6.07) is 18.7. The van der Waals surface area contributed by atoms with Crippen LogP contribution in [0.15, 0.2) is 66.7 Å². The second-order valence-electron chi connectivity index (χ2n) is 7.05. The first-order valence-electron chi connectivity index (χ1n) is 9.61. The van der Waals surface area contributed by atoms with Gasteiger partial charge in [-0.1, -0.05) is 41.4 Å². The highest BCUT2D eigenvalue weighted by Gasteiger charge is 2.21. The van der Waals surface area contributed by atoms with Crippen molar-refractivity contribution in [1.82, 2.24) is 5.32 Å². The SMILES string of the molecule is COc1cccc(CNC(=O)c2ccc(N(Cc3c(Cl)cccc3Cl)S(C)(=O)=O)cc2)c1. The molecule has 0 radical (unpaired) electrons. The summed E-state index contributed by atoms with van der Waals surface area (Å²) in [6.07, 6.45) is 1.10. The van der Waals surface area contributed by atoms with Gasteiger partial charge >= 0.3 is 0 Å². The smallest absolute Gasteiger partial charge is 0.251 e. The third-order valence-corrected chi connectivity index (χ3v) is 6.62. The van der Waals surface area contributed by atoms with Crippen molar-refractivity contribution in [3.63, 3.8) is 0 Å². The predicted octanol–water partition coefficient (Wildman–Crippen LogP) is 4.90. The van der Waals surface area contributed by atoms with Crippen LogP contribution >= 0.6 is 23.2 Å². The first-order valence-corrected chi connectivity index (χ1v) is 12.2. The molecule has 0 saturated carbocycles. The van der Waals surface area contributed by atoms with E-state index in [1.807, 2.05) is 24.3 Å². The van der Waals surface area contributed by atoms with E-state index < -0.39 is 10.0 Å². The molecule has 0 heterocycles. The minimum Gasteiger partial charge on any atom is -0.497 e. The molecule has 32 heavy (non-hydrogen) atoms. The van der Waals surface area contributed by atoms with E-state index in [2.05, 4.69) is 5.32 Å². The standard InChI is InChI=1S/C23H22Cl2N2O4S/c1-31-19-6-3-5-16(13-19)14-26-23(28)17-9-11-18(12-10-17)27(32(2,29)30)15-20-21(24)7-4-8-22(20)25/h3-13H,14-15H2,1-2H3,(H,26,28). The van der Waals surface area contributed by atoms with Crippen LogP contribution < -0.4 is 14.4 Å². The number of carbonyl (C=O) groups excluding carboxylic acids is 1. The summed E-state index contributed by atoms with van der Waals surface area (Å²) in [4.78, 5) is 12.5. The number of rotatable bonds is 8. The summed E-state index contributed by atoms with van der Waals surface area (Å²) in [5.41, 5.74) is 2.20. The number of anilines is 1. The van der Waals surface area contributed by atoms with Crippen LogP contribution in [0.2, 0.25) is 10.0 Å². The lowest BCUT2D eigenvalue weighted by Crippen LogP contribution is -2.29. The lowest BCUT2D eigenvalue weighted by Gasteiger charge is -2.23. The summed E-state index contributed by atoms with van der Waals surface area (Å²) in [6.45, 7) is 0.303. The van der Waals surface area contributed by atoms with E-state index in [0.717, 1.165) is 11.8 Å². The molecule has 0 aliphatic carbocycles. The molecular weight excluding hydrogens is 471 g/mol. The average Bonchev–Trinajstić information content (AvgIpc) is 2.77. The van der Waals surface area contributed by atoms with Gasteiger partial charge in [-0.15, -0.1) is 0 Å². The Balaban J connectivity index is 1.76. The molecular formula is C23H22Cl2N2O4S. The second kappa shape index (κ2) is 10.3. The van der Waals surface area contributed by atoms with Crippen molar-refractivity contribution in [2.45, 2.75) is 13.1 Å². The minimum absolute atomic E-state index is 0.0290. The van der Waals surface area contributed by atoms with Gasteiger partial charge in [0.2, 0.25) is 10.0 Å². The summed E-state index contributed by atoms with van der Waals surface area (Å²) >= 11 is 12.4. The van der Waals surface area contributed by atoms with Crippen LogP contribution in [-0.4, -0.2) is 27.7 Å². The third kappa shape index (κ3) is 5.94. The van der Waals surface area contributed by atoms with Crippen LogP contribution in [0.3, 0.4) is 0 Å². The monoisotopic (exact) mass is 492 g/mol. The topological polar surface area (TPSA) is 75.7 Å². The van der Waals surface area contributed by atoms with Crippen LogP contribution in [0.25, 0.3) is 0 Å². The summed E-state index contributed by atoms with van der Waals surface area (Å²) < 4.78 is 31.3. The Bertz CT molecular complexity index is 1190. The number of benzene rings is 3. The van der Waals surface area contributed by atoms with Crippen LogP contribution in [0.4, 0.5) is 5.69 Å². The second-order valence-corrected chi connectivity index (χ2v) is 9.77. The van der Waals surface area contributed by atoms with Crippen molar-refractivity contribution in [2.24, 2.45) is 0 Å². The van der Waals surface area contributed by atoms with E-state index >= 15 is 0 Å². The van der Waals surface area contributed by atoms with Crippen LogP contribution in [0.5, 0.6) is 5.75 Å². The molecule has 0 atom stereocenters. The fourth-order valence-electron chi connectivity index (χ4n) is 3.07. The molecule has 0 saturated heterocycles. The van der Waals surface area contributed by atoms with Crippen molar-refractivity contribution < 1.29 is 17.9 Å². The number of methoxy groups -OCH3 is 1. The van der Waals surface area contributed by atoms with Crippen LogP contribution in [0, 0.1) is 0 Å². The highest BCUT2D eigenvalue weighted by atomic mass is 35.5. The summed E-state index contributed by atoms with van der Waals surface area (Å²) in [5.74, 6) is 0.431. The Morgan fingerprint density at radius 3 is 2.22 bits per heavy atom. The number of nitrogens with one attached hydrogen (secondary N) is 1. The van der Waals surface area contributed by atoms with Gasteiger partial charge in [0.1, 0.15) is 5.75 Å². The van der Waals surface area contributed by atoms with Gasteiger partial charge in [-0.05, 0) is 54.1 Å². The van der Waals surface area contributed by atoms with Gasteiger partial charge in [0.15, 0.2) is 0 Å². The van der Waals surface area contributed by atoms with Crippen LogP contribution in [-0.2, 0) is 23.1 Å². The molecule has 9 heteroatoms. The lowest BCUT2D eigenvalue weighted by molar-refractivity contribution is 0.0951. The normalized spacial score (nSPS) is 11.1. The summed E-state index contributed by atoms with van der Waals surface area (Å²) in [7, 11) is -2.05. The van der Waals surface area contributed by atoms with Gasteiger partial charge in [0.05, 0.1) is 25.6 Å². The molecule has 0 aromatic heterocycles. The van der Waals surface area contributed by atoms with Crippen molar-refractivity contribution in [1.29, 1.82) is 0 Å². The highest BCUT2D eigenvalue weighted by Crippen LogP contribution is 2.29. The maximum atomic E-state index is 12.5. The minimum atomic E-state index is -3.63. The molecule has 0 unspecified atom stereocenters. The molecule has 168 valence electrons. The number of hydrogen-bond acceptors (Lipinski definition) is 4. The Morgan fingerprint density at radius 1 is 1.00 bits per heavy atom. The van der Waals surface area contributed by atoms with Crippen molar-refractivity contribution in [3.8, 4) is 5.75 Å². The van der Waals surface area contributed by atoms with Gasteiger partial charge in [-0.3, -0.25) is 9.10 Å². The zero-order chi connectivity index (χ0) is 23.3. The van der Waals surface area contributed by atoms with Gasteiger partial charge in [0.25, 0.3) is 5.91 Å². The predicted molar refractivity (Wildman–Crippen MR) is 128 cm³/mol. The molecule has 3 aromatic rings. The number of carbonyl (C=O) groups is 1. The van der Waals surface area contributed by atoms with Crippen LogP contribution in [0.1, 0.15) is 21.5 Å². The first kappa shape index (κ1) is 23.9. The Labute approximate surface area is 197 Å². The number of amides is 1. The molecule has 0 aliphatic rings. The third-order valence-electron chi connectivity index (χ3n) is 4.77. The van der Waals surface area contributed by atoms with E-state index in [0.29, 0.717) is 39.2 Å². The van der Waals surface area contributed by atoms with Gasteiger partial charge < -0.3 is 10.1 Å². The highest BCUT2D eigenvalue weighted by molar-refractivity contribution is 7.92.